The van der Waals surface area contributed by atoms with Crippen molar-refractivity contribution in [2.24, 2.45) is 0 Å². The number of alkyl halides is 3. The SMILES string of the molecule is C=C1CCc2c1ccc1c2c2ncccc2n1CCC.C=C1CCc2c1ccc1c2c2ncccc2n1CCCF.C=C1NCCc2c1ccc1c2c2ncccc2n1CCC.C=C1NCCc2c1ccc1c2c2ncccc2n1CCCF.C=C1NCc2c1ccc1c2c2ncccc2n1CCC.C=C1NCc2c1ccc1c2c2ncccc2n1CCCF. The van der Waals surface area contributed by atoms with E-state index in [1.165, 1.54) is 143 Å². The molecule has 4 aliphatic heterocycles. The van der Waals surface area contributed by atoms with Crippen molar-refractivity contribution < 1.29 is 13.2 Å². The second kappa shape index (κ2) is 34.6. The van der Waals surface area contributed by atoms with E-state index in [9.17, 15) is 13.2 Å². The van der Waals surface area contributed by atoms with Crippen LogP contribution in [-0.2, 0) is 78.0 Å². The van der Waals surface area contributed by atoms with Crippen LogP contribution in [0.1, 0.15) is 139 Å². The minimum atomic E-state index is -0.301. The van der Waals surface area contributed by atoms with Crippen LogP contribution in [0.5, 0.6) is 0 Å². The molecule has 19 heteroatoms. The molecule has 6 aliphatic rings. The molecule has 0 saturated carbocycles. The Balaban J connectivity index is 0.0000000982. The Bertz CT molecular complexity index is 7100. The molecule has 12 aromatic heterocycles. The number of hydrogen-bond donors (Lipinski definition) is 4. The number of hydrogen-bond acceptors (Lipinski definition) is 10. The summed E-state index contributed by atoms with van der Waals surface area (Å²) in [5, 5.41) is 20.9. The predicted molar refractivity (Wildman–Crippen MR) is 514 cm³/mol. The third-order valence-electron chi connectivity index (χ3n) is 26.1. The Hall–Kier alpha value is -13.6. The Kier molecular flexibility index (Phi) is 22.5. The van der Waals surface area contributed by atoms with Gasteiger partial charge in [0, 0.05) is 180 Å². The van der Waals surface area contributed by atoms with Crippen LogP contribution in [0.25, 0.3) is 166 Å². The van der Waals surface area contributed by atoms with Crippen LogP contribution in [0.4, 0.5) is 13.2 Å². The molecule has 18 aromatic rings. The largest absolute Gasteiger partial charge is 0.385 e. The van der Waals surface area contributed by atoms with Gasteiger partial charge in [0.05, 0.1) is 119 Å². The van der Waals surface area contributed by atoms with Crippen molar-refractivity contribution in [3.63, 3.8) is 0 Å². The van der Waals surface area contributed by atoms with Crippen LogP contribution >= 0.6 is 0 Å². The first kappa shape index (κ1) is 81.1. The lowest BCUT2D eigenvalue weighted by Crippen LogP contribution is -2.22. The van der Waals surface area contributed by atoms with E-state index in [1.807, 2.05) is 73.6 Å². The summed E-state index contributed by atoms with van der Waals surface area (Å²) in [4.78, 5) is 27.7. The highest BCUT2D eigenvalue weighted by molar-refractivity contribution is 6.15. The first-order valence-corrected chi connectivity index (χ1v) is 44.5. The highest BCUT2D eigenvalue weighted by Crippen LogP contribution is 2.45. The molecule has 0 saturated heterocycles. The maximum atomic E-state index is 12.7. The van der Waals surface area contributed by atoms with Crippen molar-refractivity contribution in [1.29, 1.82) is 0 Å². The molecule has 16 heterocycles. The molecule has 630 valence electrons. The molecule has 24 rings (SSSR count). The second-order valence-electron chi connectivity index (χ2n) is 33.4. The van der Waals surface area contributed by atoms with Gasteiger partial charge in [-0.25, -0.2) is 0 Å². The normalized spacial score (nSPS) is 14.2. The van der Waals surface area contributed by atoms with Gasteiger partial charge in [0.25, 0.3) is 0 Å². The van der Waals surface area contributed by atoms with Gasteiger partial charge in [-0.3, -0.25) is 43.1 Å². The predicted octanol–water partition coefficient (Wildman–Crippen LogP) is 23.7. The lowest BCUT2D eigenvalue weighted by atomic mass is 9.95. The molecular formula is C106H105F3N16. The van der Waals surface area contributed by atoms with Gasteiger partial charge >= 0.3 is 0 Å². The van der Waals surface area contributed by atoms with E-state index in [0.29, 0.717) is 38.9 Å². The molecule has 2 aliphatic carbocycles. The summed E-state index contributed by atoms with van der Waals surface area (Å²) in [7, 11) is 0. The smallest absolute Gasteiger partial charge is 0.0963 e. The van der Waals surface area contributed by atoms with E-state index in [-0.39, 0.29) is 20.0 Å². The molecule has 0 atom stereocenters. The fraction of sp³-hybridized carbons (Fsp3) is 0.264. The number of benzene rings is 6. The molecule has 0 radical (unpaired) electrons. The van der Waals surface area contributed by atoms with Gasteiger partial charge in [0.1, 0.15) is 0 Å². The molecule has 0 bridgehead atoms. The van der Waals surface area contributed by atoms with Crippen molar-refractivity contribution in [1.82, 2.24) is 78.6 Å². The van der Waals surface area contributed by atoms with Crippen LogP contribution in [-0.4, -0.2) is 90.4 Å². The van der Waals surface area contributed by atoms with Gasteiger partial charge in [0.15, 0.2) is 0 Å². The minimum absolute atomic E-state index is 0.289. The number of fused-ring (bicyclic) bond motifs is 30. The van der Waals surface area contributed by atoms with Crippen molar-refractivity contribution in [3.05, 3.63) is 289 Å². The fourth-order valence-electron chi connectivity index (χ4n) is 20.6. The first-order valence-electron chi connectivity index (χ1n) is 44.5. The van der Waals surface area contributed by atoms with Crippen molar-refractivity contribution >= 4 is 166 Å². The molecule has 4 N–H and O–H groups in total. The van der Waals surface area contributed by atoms with Crippen LogP contribution in [0, 0.1) is 0 Å². The van der Waals surface area contributed by atoms with E-state index in [1.54, 1.807) is 0 Å². The molecule has 0 amide bonds. The number of aromatic nitrogens is 12. The van der Waals surface area contributed by atoms with Crippen molar-refractivity contribution in [2.45, 2.75) is 150 Å². The van der Waals surface area contributed by atoms with Crippen LogP contribution < -0.4 is 21.3 Å². The summed E-state index contributed by atoms with van der Waals surface area (Å²) < 4.78 is 51.7. The van der Waals surface area contributed by atoms with E-state index >= 15 is 0 Å². The van der Waals surface area contributed by atoms with Crippen LogP contribution in [0.3, 0.4) is 0 Å². The number of pyridine rings is 6. The maximum absolute atomic E-state index is 12.7. The lowest BCUT2D eigenvalue weighted by molar-refractivity contribution is 0.452. The second-order valence-corrected chi connectivity index (χ2v) is 33.4. The Morgan fingerprint density at radius 2 is 0.496 bits per heavy atom. The molecule has 125 heavy (non-hydrogen) atoms. The Morgan fingerprint density at radius 1 is 0.264 bits per heavy atom. The molecule has 0 unspecified atom stereocenters. The number of nitrogens with zero attached hydrogens (tertiary/aromatic N) is 12. The van der Waals surface area contributed by atoms with Gasteiger partial charge in [-0.05, 0) is 242 Å². The highest BCUT2D eigenvalue weighted by atomic mass is 19.1. The zero-order valence-electron chi connectivity index (χ0n) is 71.7. The first-order chi connectivity index (χ1) is 61.4. The topological polar surface area (TPSA) is 155 Å². The summed E-state index contributed by atoms with van der Waals surface area (Å²) in [5.41, 5.74) is 42.9. The Morgan fingerprint density at radius 3 is 0.760 bits per heavy atom. The summed E-state index contributed by atoms with van der Waals surface area (Å²) >= 11 is 0. The van der Waals surface area contributed by atoms with Crippen molar-refractivity contribution in [2.75, 3.05) is 33.1 Å². The average molecular weight is 1660 g/mol. The van der Waals surface area contributed by atoms with Gasteiger partial charge in [-0.2, -0.15) is 0 Å². The van der Waals surface area contributed by atoms with Gasteiger partial charge in [0.2, 0.25) is 0 Å². The average Bonchev–Trinajstić information content (AvgIpc) is 1.56. The minimum Gasteiger partial charge on any atom is -0.385 e. The third kappa shape index (κ3) is 14.1. The van der Waals surface area contributed by atoms with Crippen LogP contribution in [0.15, 0.2) is 222 Å². The van der Waals surface area contributed by atoms with Gasteiger partial charge in [-0.15, -0.1) is 0 Å². The standard InChI is InChI=1S/C18H18FN3.C18H17FN2.C18H19N3.C18H18N2.C17H16FN3.C17H17N3/c1-12-13-5-6-15-17(14(13)7-10-20-12)18-16(4-2-9-21-18)22(15)11-3-8-19;1-12-5-6-14-13(12)7-8-15-17(14)18-16(4-2-10-20-18)21(15)11-3-9-19;1-3-11-21-15-7-6-13-12(2)19-10-8-14(13)17(15)18-16(21)5-4-9-20-18;1-3-11-20-15-9-8-13-12(2)6-7-14(13)17(15)18-16(20)5-4-10-19-18;1-11-12-5-6-14-16(13(12)10-20-11)17-15(4-2-8-19-17)21(14)9-3-7-18;1-3-9-20-14-7-6-12-11(2)19-10-13(12)16(14)17-15(20)5-4-8-18-17/h2,4-6,9,20H,1,3,7-8,10-11H2;2,4,7-8,10H,1,3,5-6,9,11H2;4-7,9,19H,2-3,8,10-11H2,1H3;4-5,8-10H,2-3,6-7,11H2,1H3;2,4-6,8,20H,1,3,7,9-10H2;4-8,19H,2-3,9-10H2,1H3. The lowest BCUT2D eigenvalue weighted by Gasteiger charge is -2.21. The molecule has 16 nitrogen and oxygen atoms in total. The summed E-state index contributed by atoms with van der Waals surface area (Å²) in [6.45, 7) is 39.2. The zero-order valence-corrected chi connectivity index (χ0v) is 71.7. The van der Waals surface area contributed by atoms with E-state index in [0.717, 1.165) is 193 Å². The summed E-state index contributed by atoms with van der Waals surface area (Å²) in [6, 6.07) is 50.7. The van der Waals surface area contributed by atoms with E-state index in [2.05, 4.69) is 248 Å². The number of aryl methyl sites for hydroxylation is 8. The molecule has 6 aromatic carbocycles. The number of rotatable bonds is 15. The third-order valence-corrected chi connectivity index (χ3v) is 26.1. The molecular weight excluding hydrogens is 1550 g/mol. The highest BCUT2D eigenvalue weighted by Gasteiger charge is 2.29. The summed E-state index contributed by atoms with van der Waals surface area (Å²) in [6.07, 6.45) is 22.4. The quantitative estimate of drug-likeness (QED) is 0.0780. The molecule has 0 fully saturated rings. The monoisotopic (exact) mass is 1660 g/mol. The van der Waals surface area contributed by atoms with Gasteiger partial charge in [-0.1, -0.05) is 96.6 Å². The van der Waals surface area contributed by atoms with E-state index < -0.39 is 0 Å². The number of allylic oxidation sites excluding steroid dienone is 2. The van der Waals surface area contributed by atoms with Crippen LogP contribution in [0.2, 0.25) is 0 Å². The fourth-order valence-corrected chi connectivity index (χ4v) is 20.6. The summed E-state index contributed by atoms with van der Waals surface area (Å²) in [5.74, 6) is 0. The molecule has 0 spiro atoms. The maximum Gasteiger partial charge on any atom is 0.0963 e. The number of halogens is 3. The Labute approximate surface area is 725 Å². The van der Waals surface area contributed by atoms with Gasteiger partial charge < -0.3 is 48.7 Å². The zero-order chi connectivity index (χ0) is 85.7. The number of nitrogens with one attached hydrogen (secondary N) is 4. The van der Waals surface area contributed by atoms with E-state index in [4.69, 9.17) is 0 Å². The van der Waals surface area contributed by atoms with Crippen molar-refractivity contribution in [3.8, 4) is 0 Å².